The van der Waals surface area contributed by atoms with E-state index in [0.717, 1.165) is 16.2 Å². The molecule has 2 amide bonds. The molecule has 1 N–H and O–H groups in total. The molecular weight excluding hydrogens is 400 g/mol. The minimum Gasteiger partial charge on any atom is -0.383 e. The maximum absolute atomic E-state index is 12.6. The second kappa shape index (κ2) is 10.7. The van der Waals surface area contributed by atoms with Gasteiger partial charge in [-0.1, -0.05) is 23.4 Å². The van der Waals surface area contributed by atoms with Gasteiger partial charge in [0.1, 0.15) is 0 Å². The van der Waals surface area contributed by atoms with Crippen molar-refractivity contribution in [3.8, 4) is 0 Å². The van der Waals surface area contributed by atoms with Crippen LogP contribution in [-0.2, 0) is 20.9 Å². The van der Waals surface area contributed by atoms with Crippen molar-refractivity contribution in [2.75, 3.05) is 32.6 Å². The lowest BCUT2D eigenvalue weighted by Crippen LogP contribution is -2.43. The summed E-state index contributed by atoms with van der Waals surface area (Å²) in [5.74, 6) is -0.0562. The zero-order valence-corrected chi connectivity index (χ0v) is 18.3. The summed E-state index contributed by atoms with van der Waals surface area (Å²) in [4.78, 5) is 30.7. The van der Waals surface area contributed by atoms with E-state index < -0.39 is 0 Å². The first-order chi connectivity index (χ1) is 13.3. The lowest BCUT2D eigenvalue weighted by Gasteiger charge is -2.21. The van der Waals surface area contributed by atoms with Gasteiger partial charge in [0.2, 0.25) is 11.8 Å². The van der Waals surface area contributed by atoms with Crippen LogP contribution in [0.2, 0.25) is 5.02 Å². The number of fused-ring (bicyclic) bond motifs is 1. The molecule has 0 aliphatic heterocycles. The number of amides is 2. The number of hydrogen-bond donors (Lipinski definition) is 1. The van der Waals surface area contributed by atoms with Crippen molar-refractivity contribution >= 4 is 46.2 Å². The minimum atomic E-state index is -0.155. The van der Waals surface area contributed by atoms with Crippen molar-refractivity contribution in [2.45, 2.75) is 38.5 Å². The van der Waals surface area contributed by atoms with Crippen LogP contribution < -0.4 is 5.32 Å². The fraction of sp³-hybridized carbons (Fsp3) is 0.526. The Kier molecular flexibility index (Phi) is 8.59. The van der Waals surface area contributed by atoms with E-state index in [4.69, 9.17) is 16.3 Å². The number of hydrogen-bond acceptors (Lipinski definition) is 5. The van der Waals surface area contributed by atoms with Gasteiger partial charge >= 0.3 is 0 Å². The number of methoxy groups -OCH3 is 1. The first kappa shape index (κ1) is 22.5. The molecule has 0 aliphatic carbocycles. The third-order valence-electron chi connectivity index (χ3n) is 4.04. The number of halogens is 1. The van der Waals surface area contributed by atoms with Gasteiger partial charge in [-0.3, -0.25) is 9.59 Å². The molecule has 0 saturated heterocycles. The number of carbonyl (C=O) groups is 2. The molecule has 28 heavy (non-hydrogen) atoms. The highest BCUT2D eigenvalue weighted by molar-refractivity contribution is 7.99. The monoisotopic (exact) mass is 426 g/mol. The molecule has 1 aromatic carbocycles. The predicted molar refractivity (Wildman–Crippen MR) is 113 cm³/mol. The van der Waals surface area contributed by atoms with Gasteiger partial charge in [0.05, 0.1) is 29.9 Å². The minimum absolute atomic E-state index is 0.0446. The Morgan fingerprint density at radius 3 is 2.79 bits per heavy atom. The third kappa shape index (κ3) is 6.12. The summed E-state index contributed by atoms with van der Waals surface area (Å²) < 4.78 is 7.22. The van der Waals surface area contributed by atoms with Gasteiger partial charge in [-0.05, 0) is 39.0 Å². The number of thioether (sulfide) groups is 1. The van der Waals surface area contributed by atoms with Gasteiger partial charge in [-0.25, -0.2) is 4.98 Å². The maximum atomic E-state index is 12.6. The Labute approximate surface area is 174 Å². The summed E-state index contributed by atoms with van der Waals surface area (Å²) in [5.41, 5.74) is 1.72. The van der Waals surface area contributed by atoms with Gasteiger partial charge < -0.3 is 19.5 Å². The summed E-state index contributed by atoms with van der Waals surface area (Å²) in [6.45, 7) is 7.34. The van der Waals surface area contributed by atoms with Crippen LogP contribution in [0.1, 0.15) is 20.8 Å². The zero-order valence-electron chi connectivity index (χ0n) is 16.7. The standard InChI is InChI=1S/C19H27ClN4O3S/c1-5-23(11-17(25)21-13(2)3)18(26)12-28-19-22-15-10-14(20)6-7-16(15)24(19)8-9-27-4/h6-7,10,13H,5,8-9,11-12H2,1-4H3,(H,21,25). The van der Waals surface area contributed by atoms with Crippen LogP contribution >= 0.6 is 23.4 Å². The van der Waals surface area contributed by atoms with Crippen LogP contribution in [0.25, 0.3) is 11.0 Å². The number of imidazole rings is 1. The highest BCUT2D eigenvalue weighted by Gasteiger charge is 2.18. The van der Waals surface area contributed by atoms with Crippen molar-refractivity contribution in [1.29, 1.82) is 0 Å². The summed E-state index contributed by atoms with van der Waals surface area (Å²) in [7, 11) is 1.65. The van der Waals surface area contributed by atoms with E-state index in [9.17, 15) is 9.59 Å². The molecule has 154 valence electrons. The normalized spacial score (nSPS) is 11.2. The Balaban J connectivity index is 2.10. The second-order valence-corrected chi connectivity index (χ2v) is 7.97. The van der Waals surface area contributed by atoms with Crippen molar-refractivity contribution in [2.24, 2.45) is 0 Å². The molecule has 0 bridgehead atoms. The number of rotatable bonds is 10. The molecule has 0 spiro atoms. The first-order valence-electron chi connectivity index (χ1n) is 9.20. The van der Waals surface area contributed by atoms with Gasteiger partial charge in [0.15, 0.2) is 5.16 Å². The molecule has 7 nitrogen and oxygen atoms in total. The van der Waals surface area contributed by atoms with E-state index in [1.54, 1.807) is 18.1 Å². The second-order valence-electron chi connectivity index (χ2n) is 6.59. The summed E-state index contributed by atoms with van der Waals surface area (Å²) in [6, 6.07) is 5.59. The SMILES string of the molecule is CCN(CC(=O)NC(C)C)C(=O)CSc1nc2cc(Cl)ccc2n1CCOC. The van der Waals surface area contributed by atoms with Crippen LogP contribution in [-0.4, -0.2) is 64.9 Å². The molecule has 9 heteroatoms. The number of carbonyl (C=O) groups excluding carboxylic acids is 2. The lowest BCUT2D eigenvalue weighted by molar-refractivity contribution is -0.134. The average Bonchev–Trinajstić information content (AvgIpc) is 2.98. The number of aromatic nitrogens is 2. The Hall–Kier alpha value is -1.77. The van der Waals surface area contributed by atoms with Crippen LogP contribution in [0.5, 0.6) is 0 Å². The predicted octanol–water partition coefficient (Wildman–Crippen LogP) is 2.80. The molecule has 1 heterocycles. The van der Waals surface area contributed by atoms with Crippen molar-refractivity contribution in [1.82, 2.24) is 19.8 Å². The largest absolute Gasteiger partial charge is 0.383 e. The smallest absolute Gasteiger partial charge is 0.239 e. The summed E-state index contributed by atoms with van der Waals surface area (Å²) in [5, 5.41) is 4.15. The quantitative estimate of drug-likeness (QED) is 0.591. The third-order valence-corrected chi connectivity index (χ3v) is 5.23. The molecule has 2 aromatic rings. The van der Waals surface area contributed by atoms with Gasteiger partial charge in [-0.15, -0.1) is 0 Å². The van der Waals surface area contributed by atoms with Gasteiger partial charge in [0, 0.05) is 31.3 Å². The van der Waals surface area contributed by atoms with E-state index in [2.05, 4.69) is 10.3 Å². The van der Waals surface area contributed by atoms with E-state index in [1.807, 2.05) is 37.5 Å². The number of likely N-dealkylation sites (N-methyl/N-ethyl adjacent to an activating group) is 1. The average molecular weight is 427 g/mol. The van der Waals surface area contributed by atoms with E-state index in [-0.39, 0.29) is 30.2 Å². The molecule has 0 atom stereocenters. The van der Waals surface area contributed by atoms with E-state index >= 15 is 0 Å². The topological polar surface area (TPSA) is 76.5 Å². The van der Waals surface area contributed by atoms with Crippen LogP contribution in [0, 0.1) is 0 Å². The molecule has 1 aromatic heterocycles. The highest BCUT2D eigenvalue weighted by Crippen LogP contribution is 2.26. The van der Waals surface area contributed by atoms with Crippen LogP contribution in [0.15, 0.2) is 23.4 Å². The Morgan fingerprint density at radius 2 is 2.14 bits per heavy atom. The Morgan fingerprint density at radius 1 is 1.39 bits per heavy atom. The Bertz CT molecular complexity index is 825. The lowest BCUT2D eigenvalue weighted by atomic mass is 10.3. The number of benzene rings is 1. The number of ether oxygens (including phenoxy) is 1. The number of nitrogens with zero attached hydrogens (tertiary/aromatic N) is 3. The van der Waals surface area contributed by atoms with Crippen LogP contribution in [0.4, 0.5) is 0 Å². The number of nitrogens with one attached hydrogen (secondary N) is 1. The summed E-state index contributed by atoms with van der Waals surface area (Å²) >= 11 is 7.43. The van der Waals surface area contributed by atoms with Crippen molar-refractivity contribution in [3.63, 3.8) is 0 Å². The fourth-order valence-corrected chi connectivity index (χ4v) is 3.83. The molecule has 0 radical (unpaired) electrons. The van der Waals surface area contributed by atoms with Crippen LogP contribution in [0.3, 0.4) is 0 Å². The molecule has 0 unspecified atom stereocenters. The first-order valence-corrected chi connectivity index (χ1v) is 10.6. The molecule has 0 aliphatic rings. The molecular formula is C19H27ClN4O3S. The zero-order chi connectivity index (χ0) is 20.7. The fourth-order valence-electron chi connectivity index (χ4n) is 2.72. The van der Waals surface area contributed by atoms with E-state index in [0.29, 0.717) is 24.7 Å². The molecule has 0 saturated carbocycles. The maximum Gasteiger partial charge on any atom is 0.239 e. The van der Waals surface area contributed by atoms with Gasteiger partial charge in [0.25, 0.3) is 0 Å². The molecule has 0 fully saturated rings. The molecule has 2 rings (SSSR count). The van der Waals surface area contributed by atoms with Crippen molar-refractivity contribution < 1.29 is 14.3 Å². The highest BCUT2D eigenvalue weighted by atomic mass is 35.5. The van der Waals surface area contributed by atoms with Gasteiger partial charge in [-0.2, -0.15) is 0 Å². The summed E-state index contributed by atoms with van der Waals surface area (Å²) in [6.07, 6.45) is 0. The van der Waals surface area contributed by atoms with Crippen molar-refractivity contribution in [3.05, 3.63) is 23.2 Å². The van der Waals surface area contributed by atoms with E-state index in [1.165, 1.54) is 11.8 Å².